The van der Waals surface area contributed by atoms with E-state index in [1.807, 2.05) is 0 Å². The van der Waals surface area contributed by atoms with Crippen molar-refractivity contribution >= 4 is 5.96 Å². The van der Waals surface area contributed by atoms with E-state index in [1.165, 1.54) is 5.56 Å². The Morgan fingerprint density at radius 3 is 2.46 bits per heavy atom. The number of nitrogens with one attached hydrogen (secondary N) is 2. The van der Waals surface area contributed by atoms with Gasteiger partial charge in [0.1, 0.15) is 5.76 Å². The van der Waals surface area contributed by atoms with Crippen molar-refractivity contribution in [2.24, 2.45) is 10.4 Å². The standard InChI is InChI=1S/C21H32N4O/c1-6-18-17(19(7-2)26-25-18)14-23-20(22-5)24-15-21(3,4)13-16-11-9-8-10-12-16/h8-12H,6-7,13-15H2,1-5H3,(H2,22,23,24). The third-order valence-corrected chi connectivity index (χ3v) is 4.52. The molecule has 0 aliphatic carbocycles. The molecule has 0 bridgehead atoms. The second kappa shape index (κ2) is 9.41. The van der Waals surface area contributed by atoms with Crippen molar-refractivity contribution in [3.8, 4) is 0 Å². The summed E-state index contributed by atoms with van der Waals surface area (Å²) in [5.41, 5.74) is 3.65. The van der Waals surface area contributed by atoms with Crippen molar-refractivity contribution in [2.45, 2.75) is 53.5 Å². The van der Waals surface area contributed by atoms with E-state index < -0.39 is 0 Å². The molecule has 0 fully saturated rings. The first kappa shape index (κ1) is 20.0. The lowest BCUT2D eigenvalue weighted by Crippen LogP contribution is -2.42. The minimum Gasteiger partial charge on any atom is -0.361 e. The number of hydrogen-bond acceptors (Lipinski definition) is 3. The Bertz CT molecular complexity index is 683. The molecule has 0 saturated carbocycles. The molecule has 5 heteroatoms. The Hall–Kier alpha value is -2.30. The van der Waals surface area contributed by atoms with E-state index in [1.54, 1.807) is 7.05 Å². The molecule has 0 spiro atoms. The lowest BCUT2D eigenvalue weighted by molar-refractivity contribution is 0.359. The van der Waals surface area contributed by atoms with Crippen LogP contribution in [0.25, 0.3) is 0 Å². The highest BCUT2D eigenvalue weighted by Crippen LogP contribution is 2.20. The Labute approximate surface area is 157 Å². The molecule has 0 atom stereocenters. The van der Waals surface area contributed by atoms with Gasteiger partial charge in [-0.05, 0) is 23.8 Å². The highest BCUT2D eigenvalue weighted by molar-refractivity contribution is 5.79. The van der Waals surface area contributed by atoms with Gasteiger partial charge in [0.2, 0.25) is 0 Å². The number of benzene rings is 1. The van der Waals surface area contributed by atoms with E-state index in [0.717, 1.165) is 48.8 Å². The van der Waals surface area contributed by atoms with Gasteiger partial charge in [-0.2, -0.15) is 0 Å². The molecular formula is C21H32N4O. The number of guanidine groups is 1. The minimum absolute atomic E-state index is 0.124. The molecule has 26 heavy (non-hydrogen) atoms. The molecule has 2 rings (SSSR count). The summed E-state index contributed by atoms with van der Waals surface area (Å²) in [6.45, 7) is 10.2. The van der Waals surface area contributed by atoms with Crippen molar-refractivity contribution in [1.82, 2.24) is 15.8 Å². The molecule has 0 amide bonds. The van der Waals surface area contributed by atoms with E-state index in [2.05, 4.69) is 78.8 Å². The van der Waals surface area contributed by atoms with Gasteiger partial charge in [-0.3, -0.25) is 4.99 Å². The molecule has 2 N–H and O–H groups in total. The fourth-order valence-electron chi connectivity index (χ4n) is 3.06. The Morgan fingerprint density at radius 1 is 1.12 bits per heavy atom. The van der Waals surface area contributed by atoms with Crippen molar-refractivity contribution < 1.29 is 4.52 Å². The van der Waals surface area contributed by atoms with Gasteiger partial charge in [0, 0.05) is 32.1 Å². The Kier molecular flexibility index (Phi) is 7.25. The molecule has 1 aromatic carbocycles. The molecule has 0 unspecified atom stereocenters. The number of aromatic nitrogens is 1. The Balaban J connectivity index is 1.90. The summed E-state index contributed by atoms with van der Waals surface area (Å²) in [5, 5.41) is 11.0. The largest absolute Gasteiger partial charge is 0.361 e. The van der Waals surface area contributed by atoms with Gasteiger partial charge >= 0.3 is 0 Å². The fourth-order valence-corrected chi connectivity index (χ4v) is 3.06. The average Bonchev–Trinajstić information content (AvgIpc) is 3.04. The van der Waals surface area contributed by atoms with Gasteiger partial charge < -0.3 is 15.2 Å². The lowest BCUT2D eigenvalue weighted by Gasteiger charge is -2.26. The zero-order valence-electron chi connectivity index (χ0n) is 16.7. The molecule has 1 aromatic heterocycles. The number of aliphatic imine (C=N–C) groups is 1. The van der Waals surface area contributed by atoms with Crippen LogP contribution >= 0.6 is 0 Å². The van der Waals surface area contributed by atoms with Crippen molar-refractivity contribution in [3.63, 3.8) is 0 Å². The quantitative estimate of drug-likeness (QED) is 0.559. The second-order valence-electron chi connectivity index (χ2n) is 7.34. The zero-order valence-corrected chi connectivity index (χ0v) is 16.7. The van der Waals surface area contributed by atoms with Crippen LogP contribution in [0.3, 0.4) is 0 Å². The molecule has 5 nitrogen and oxygen atoms in total. The third kappa shape index (κ3) is 5.61. The normalized spacial score (nSPS) is 12.3. The first-order valence-corrected chi connectivity index (χ1v) is 9.43. The van der Waals surface area contributed by atoms with E-state index in [-0.39, 0.29) is 5.41 Å². The SMILES string of the molecule is CCc1noc(CC)c1CNC(=NC)NCC(C)(C)Cc1ccccc1. The average molecular weight is 357 g/mol. The molecule has 0 aliphatic rings. The van der Waals surface area contributed by atoms with Crippen molar-refractivity contribution in [2.75, 3.05) is 13.6 Å². The van der Waals surface area contributed by atoms with Crippen LogP contribution in [0.4, 0.5) is 0 Å². The maximum absolute atomic E-state index is 5.43. The van der Waals surface area contributed by atoms with Crippen LogP contribution in [0.5, 0.6) is 0 Å². The minimum atomic E-state index is 0.124. The summed E-state index contributed by atoms with van der Waals surface area (Å²) >= 11 is 0. The van der Waals surface area contributed by atoms with Crippen molar-refractivity contribution in [3.05, 3.63) is 52.9 Å². The smallest absolute Gasteiger partial charge is 0.191 e. The summed E-state index contributed by atoms with van der Waals surface area (Å²) in [4.78, 5) is 4.35. The predicted octanol–water partition coefficient (Wildman–Crippen LogP) is 3.73. The predicted molar refractivity (Wildman–Crippen MR) is 107 cm³/mol. The van der Waals surface area contributed by atoms with E-state index in [9.17, 15) is 0 Å². The second-order valence-corrected chi connectivity index (χ2v) is 7.34. The van der Waals surface area contributed by atoms with Crippen LogP contribution in [-0.2, 0) is 25.8 Å². The molecular weight excluding hydrogens is 324 g/mol. The molecule has 0 aliphatic heterocycles. The summed E-state index contributed by atoms with van der Waals surface area (Å²) in [5.74, 6) is 1.76. The lowest BCUT2D eigenvalue weighted by atomic mass is 9.86. The van der Waals surface area contributed by atoms with Gasteiger partial charge in [0.25, 0.3) is 0 Å². The van der Waals surface area contributed by atoms with Crippen LogP contribution in [-0.4, -0.2) is 24.7 Å². The first-order valence-electron chi connectivity index (χ1n) is 9.43. The maximum atomic E-state index is 5.43. The fraction of sp³-hybridized carbons (Fsp3) is 0.524. The number of nitrogens with zero attached hydrogens (tertiary/aromatic N) is 2. The molecule has 1 heterocycles. The highest BCUT2D eigenvalue weighted by Gasteiger charge is 2.19. The molecule has 142 valence electrons. The molecule has 2 aromatic rings. The van der Waals surface area contributed by atoms with Crippen LogP contribution in [0.15, 0.2) is 39.8 Å². The monoisotopic (exact) mass is 356 g/mol. The van der Waals surface area contributed by atoms with Gasteiger partial charge in [-0.1, -0.05) is 63.2 Å². The van der Waals surface area contributed by atoms with Gasteiger partial charge in [-0.25, -0.2) is 0 Å². The highest BCUT2D eigenvalue weighted by atomic mass is 16.5. The summed E-state index contributed by atoms with van der Waals surface area (Å²) in [7, 11) is 1.80. The summed E-state index contributed by atoms with van der Waals surface area (Å²) in [6.07, 6.45) is 2.74. The first-order chi connectivity index (χ1) is 12.5. The zero-order chi connectivity index (χ0) is 19.0. The van der Waals surface area contributed by atoms with Gasteiger partial charge in [-0.15, -0.1) is 0 Å². The van der Waals surface area contributed by atoms with Crippen LogP contribution in [0.2, 0.25) is 0 Å². The summed E-state index contributed by atoms with van der Waals surface area (Å²) in [6, 6.07) is 10.6. The maximum Gasteiger partial charge on any atom is 0.191 e. The topological polar surface area (TPSA) is 62.5 Å². The van der Waals surface area contributed by atoms with Gasteiger partial charge in [0.15, 0.2) is 5.96 Å². The number of rotatable bonds is 8. The van der Waals surface area contributed by atoms with Gasteiger partial charge in [0.05, 0.1) is 5.69 Å². The van der Waals surface area contributed by atoms with E-state index in [0.29, 0.717) is 6.54 Å². The number of hydrogen-bond donors (Lipinski definition) is 2. The Morgan fingerprint density at radius 2 is 1.85 bits per heavy atom. The van der Waals surface area contributed by atoms with Crippen molar-refractivity contribution in [1.29, 1.82) is 0 Å². The van der Waals surface area contributed by atoms with Crippen LogP contribution in [0.1, 0.15) is 50.3 Å². The van der Waals surface area contributed by atoms with Crippen LogP contribution in [0, 0.1) is 5.41 Å². The summed E-state index contributed by atoms with van der Waals surface area (Å²) < 4.78 is 5.43. The van der Waals surface area contributed by atoms with Crippen LogP contribution < -0.4 is 10.6 Å². The van der Waals surface area contributed by atoms with E-state index in [4.69, 9.17) is 4.52 Å². The number of aryl methyl sites for hydroxylation is 2. The third-order valence-electron chi connectivity index (χ3n) is 4.52. The van der Waals surface area contributed by atoms with E-state index >= 15 is 0 Å². The molecule has 0 saturated heterocycles. The molecule has 0 radical (unpaired) electrons.